The Balaban J connectivity index is 1.68. The molecule has 12 heteroatoms. The van der Waals surface area contributed by atoms with Crippen LogP contribution < -0.4 is 10.7 Å². The molecule has 270 valence electrons. The van der Waals surface area contributed by atoms with Crippen molar-refractivity contribution < 1.29 is 38.5 Å². The monoisotopic (exact) mass is 706 g/mol. The van der Waals surface area contributed by atoms with Crippen molar-refractivity contribution in [2.75, 3.05) is 14.2 Å². The molecule has 2 N–H and O–H groups in total. The number of carbonyl (C=O) groups excluding carboxylic acids is 3. The molecule has 1 aromatic heterocycles. The van der Waals surface area contributed by atoms with Crippen LogP contribution in [0.15, 0.2) is 85.6 Å². The molecule has 3 unspecified atom stereocenters. The average molecular weight is 707 g/mol. The van der Waals surface area contributed by atoms with Crippen LogP contribution in [0.3, 0.4) is 0 Å². The van der Waals surface area contributed by atoms with Crippen molar-refractivity contribution in [1.82, 2.24) is 4.98 Å². The molecule has 0 saturated carbocycles. The number of carbonyl (C=O) groups is 4. The molecule has 12 nitrogen and oxygen atoms in total. The Hall–Kier alpha value is -5.65. The fourth-order valence-electron chi connectivity index (χ4n) is 7.86. The van der Waals surface area contributed by atoms with E-state index in [0.29, 0.717) is 56.8 Å². The van der Waals surface area contributed by atoms with Crippen LogP contribution in [0.25, 0.3) is 12.2 Å². The molecular formula is C40H42N4O8. The van der Waals surface area contributed by atoms with Gasteiger partial charge in [0, 0.05) is 46.8 Å². The Morgan fingerprint density at radius 3 is 2.44 bits per heavy atom. The number of rotatable bonds is 8. The first-order valence-corrected chi connectivity index (χ1v) is 17.1. The van der Waals surface area contributed by atoms with Crippen LogP contribution in [0.4, 0.5) is 0 Å². The summed E-state index contributed by atoms with van der Waals surface area (Å²) in [6.07, 6.45) is 13.1. The highest BCUT2D eigenvalue weighted by atomic mass is 16.5. The third-order valence-corrected chi connectivity index (χ3v) is 10.9. The summed E-state index contributed by atoms with van der Waals surface area (Å²) in [7, 11) is 2.54. The molecule has 0 aromatic carbocycles. The zero-order valence-corrected chi connectivity index (χ0v) is 30.3. The van der Waals surface area contributed by atoms with E-state index in [2.05, 4.69) is 18.5 Å². The van der Waals surface area contributed by atoms with Crippen LogP contribution in [-0.2, 0) is 40.0 Å². The van der Waals surface area contributed by atoms with Crippen LogP contribution in [0.5, 0.6) is 0 Å². The zero-order valence-electron chi connectivity index (χ0n) is 30.3. The van der Waals surface area contributed by atoms with E-state index in [-0.39, 0.29) is 36.5 Å². The number of nitrogens with one attached hydrogen (secondary N) is 1. The number of nitrogens with zero attached hydrogens (tertiary/aromatic N) is 3. The quantitative estimate of drug-likeness (QED) is 0.303. The molecule has 5 heterocycles. The third kappa shape index (κ3) is 6.05. The summed E-state index contributed by atoms with van der Waals surface area (Å²) in [4.78, 5) is 69.3. The molecule has 0 spiro atoms. The third-order valence-electron chi connectivity index (χ3n) is 10.9. The topological polar surface area (TPSA) is 169 Å². The molecule has 1 aliphatic carbocycles. The van der Waals surface area contributed by atoms with Gasteiger partial charge in [0.05, 0.1) is 54.1 Å². The van der Waals surface area contributed by atoms with Crippen molar-refractivity contribution in [2.24, 2.45) is 38.1 Å². The van der Waals surface area contributed by atoms with Crippen LogP contribution in [0.2, 0.25) is 0 Å². The number of allylic oxidation sites excluding steroid dienone is 6. The summed E-state index contributed by atoms with van der Waals surface area (Å²) in [5.74, 6) is -3.96. The smallest absolute Gasteiger partial charge is 0.334 e. The lowest BCUT2D eigenvalue weighted by molar-refractivity contribution is -0.149. The summed E-state index contributed by atoms with van der Waals surface area (Å²) in [5.41, 5.74) is 5.91. The van der Waals surface area contributed by atoms with E-state index in [0.717, 1.165) is 16.7 Å². The SMILES string of the molecule is C=CC1=C(C)C2=NC1=CC1N=C(/C=c3\[nH]c(c(C)c3COC(C)=O)=CC3=NC(=C2)C2=CC=C(C(=O)OC)[C@@H](C(=O)OC)[C@]23C)C(CCC(=O)O)C1C. The number of esters is 3. The fraction of sp³-hybridized carbons (Fsp3) is 0.375. The number of ether oxygens (including phenoxy) is 3. The van der Waals surface area contributed by atoms with Crippen LogP contribution in [-0.4, -0.2) is 71.4 Å². The van der Waals surface area contributed by atoms with Crippen molar-refractivity contribution >= 4 is 53.2 Å². The number of H-pyrrole nitrogens is 1. The second-order valence-electron chi connectivity index (χ2n) is 13.7. The Labute approximate surface area is 301 Å². The van der Waals surface area contributed by atoms with E-state index in [9.17, 15) is 24.3 Å². The van der Waals surface area contributed by atoms with Crippen molar-refractivity contribution in [3.05, 3.63) is 92.5 Å². The normalized spacial score (nSPS) is 26.5. The minimum absolute atomic E-state index is 0.0291. The standard InChI is InChI=1S/C40H42N4O8/c1-9-23-19(2)29-15-34-27-12-10-25(38(48)50-7)37(39(49)51-8)40(27,6)35(44-34)17-30-21(4)26(18-52-22(5)45)33(43-30)16-32-24(11-13-36(46)47)20(3)28(42-32)14-31(23)41-29/h9-10,12,14-17,20,24,28,37,43H,1,11,13,18H2,2-8H3,(H,46,47)/b30-17?,31-14?,33-16-,34-15?/t20?,24?,28?,37-,40+/m0/s1. The molecule has 5 aliphatic rings. The predicted molar refractivity (Wildman–Crippen MR) is 196 cm³/mol. The number of methoxy groups -OCH3 is 2. The van der Waals surface area contributed by atoms with Crippen LogP contribution in [0.1, 0.15) is 51.7 Å². The molecular weight excluding hydrogens is 664 g/mol. The number of aromatic nitrogens is 1. The molecule has 1 aromatic rings. The zero-order chi connectivity index (χ0) is 37.6. The van der Waals surface area contributed by atoms with Gasteiger partial charge in [0.1, 0.15) is 12.5 Å². The average Bonchev–Trinajstić information content (AvgIpc) is 3.76. The number of aliphatic imine (C=N–C) groups is 3. The van der Waals surface area contributed by atoms with Gasteiger partial charge in [-0.3, -0.25) is 24.4 Å². The number of aromatic amines is 1. The van der Waals surface area contributed by atoms with Crippen LogP contribution in [0, 0.1) is 30.1 Å². The number of fused-ring (bicyclic) bond motifs is 8. The molecule has 6 rings (SSSR count). The van der Waals surface area contributed by atoms with Gasteiger partial charge in [-0.1, -0.05) is 31.7 Å². The van der Waals surface area contributed by atoms with Crippen molar-refractivity contribution in [2.45, 2.75) is 60.1 Å². The maximum Gasteiger partial charge on any atom is 0.334 e. The molecule has 0 amide bonds. The highest BCUT2D eigenvalue weighted by Crippen LogP contribution is 2.52. The lowest BCUT2D eigenvalue weighted by atomic mass is 9.63. The number of hydrogen-bond donors (Lipinski definition) is 2. The van der Waals surface area contributed by atoms with Crippen molar-refractivity contribution in [3.8, 4) is 0 Å². The summed E-state index contributed by atoms with van der Waals surface area (Å²) in [6, 6.07) is -0.311. The van der Waals surface area contributed by atoms with Crippen molar-refractivity contribution in [3.63, 3.8) is 0 Å². The maximum absolute atomic E-state index is 13.7. The summed E-state index contributed by atoms with van der Waals surface area (Å²) in [6.45, 7) is 13.1. The van der Waals surface area contributed by atoms with Gasteiger partial charge >= 0.3 is 23.9 Å². The van der Waals surface area contributed by atoms with Gasteiger partial charge in [-0.05, 0) is 74.1 Å². The number of carboxylic acids is 1. The lowest BCUT2D eigenvalue weighted by Crippen LogP contribution is -2.44. The Kier molecular flexibility index (Phi) is 9.61. The molecule has 0 radical (unpaired) electrons. The minimum atomic E-state index is -1.18. The first-order valence-electron chi connectivity index (χ1n) is 17.1. The molecule has 52 heavy (non-hydrogen) atoms. The van der Waals surface area contributed by atoms with E-state index >= 15 is 0 Å². The molecule has 0 saturated heterocycles. The van der Waals surface area contributed by atoms with Gasteiger partial charge in [-0.25, -0.2) is 9.79 Å². The summed E-state index contributed by atoms with van der Waals surface area (Å²) in [5, 5.41) is 10.9. The highest BCUT2D eigenvalue weighted by Gasteiger charge is 2.55. The fourth-order valence-corrected chi connectivity index (χ4v) is 7.86. The van der Waals surface area contributed by atoms with E-state index in [4.69, 9.17) is 29.2 Å². The Morgan fingerprint density at radius 2 is 1.79 bits per heavy atom. The first kappa shape index (κ1) is 36.2. The van der Waals surface area contributed by atoms with Gasteiger partial charge in [-0.15, -0.1) is 0 Å². The minimum Gasteiger partial charge on any atom is -0.481 e. The van der Waals surface area contributed by atoms with Gasteiger partial charge in [-0.2, -0.15) is 0 Å². The van der Waals surface area contributed by atoms with Crippen molar-refractivity contribution in [1.29, 1.82) is 0 Å². The van der Waals surface area contributed by atoms with Gasteiger partial charge in [0.15, 0.2) is 0 Å². The van der Waals surface area contributed by atoms with E-state index < -0.39 is 35.2 Å². The van der Waals surface area contributed by atoms with Crippen LogP contribution >= 0.6 is 0 Å². The first-order chi connectivity index (χ1) is 24.7. The number of carboxylic acid groups (broad SMARTS) is 1. The predicted octanol–water partition coefficient (Wildman–Crippen LogP) is 3.92. The maximum atomic E-state index is 13.7. The van der Waals surface area contributed by atoms with Gasteiger partial charge < -0.3 is 24.3 Å². The highest BCUT2D eigenvalue weighted by molar-refractivity contribution is 6.22. The molecule has 5 atom stereocenters. The summed E-state index contributed by atoms with van der Waals surface area (Å²) < 4.78 is 15.9. The lowest BCUT2D eigenvalue weighted by Gasteiger charge is -2.37. The largest absolute Gasteiger partial charge is 0.481 e. The second kappa shape index (κ2) is 13.8. The Morgan fingerprint density at radius 1 is 1.04 bits per heavy atom. The summed E-state index contributed by atoms with van der Waals surface area (Å²) >= 11 is 0. The van der Waals surface area contributed by atoms with E-state index in [1.807, 2.05) is 45.1 Å². The van der Waals surface area contributed by atoms with E-state index in [1.165, 1.54) is 21.1 Å². The number of aliphatic carboxylic acids is 1. The van der Waals surface area contributed by atoms with Gasteiger partial charge in [0.2, 0.25) is 0 Å². The van der Waals surface area contributed by atoms with Gasteiger partial charge in [0.25, 0.3) is 0 Å². The molecule has 8 bridgehead atoms. The Bertz CT molecular complexity index is 2200. The molecule has 0 fully saturated rings. The molecule has 4 aliphatic heterocycles. The van der Waals surface area contributed by atoms with E-state index in [1.54, 1.807) is 18.2 Å². The number of hydrogen-bond acceptors (Lipinski definition) is 10. The second-order valence-corrected chi connectivity index (χ2v) is 13.7.